The molecule has 4 heteroatoms. The van der Waals surface area contributed by atoms with E-state index in [1.54, 1.807) is 0 Å². The van der Waals surface area contributed by atoms with Gasteiger partial charge in [-0.15, -0.1) is 0 Å². The molecule has 24 heavy (non-hydrogen) atoms. The lowest BCUT2D eigenvalue weighted by Crippen LogP contribution is -2.13. The van der Waals surface area contributed by atoms with Crippen LogP contribution >= 0.6 is 0 Å². The highest BCUT2D eigenvalue weighted by atomic mass is 16.1. The van der Waals surface area contributed by atoms with E-state index in [2.05, 4.69) is 10.4 Å². The molecule has 0 spiro atoms. The van der Waals surface area contributed by atoms with E-state index < -0.39 is 0 Å². The molecule has 3 aromatic rings. The number of aromatic nitrogens is 2. The molecule has 1 amide bonds. The summed E-state index contributed by atoms with van der Waals surface area (Å²) in [6, 6.07) is 15.6. The normalized spacial score (nSPS) is 10.7. The number of benzene rings is 2. The molecule has 1 heterocycles. The van der Waals surface area contributed by atoms with E-state index in [-0.39, 0.29) is 5.91 Å². The molecule has 0 saturated heterocycles. The minimum absolute atomic E-state index is 0.0991. The number of carbonyl (C=O) groups is 1. The number of nitrogens with zero attached hydrogens (tertiary/aromatic N) is 2. The first-order valence-corrected chi connectivity index (χ1v) is 7.96. The van der Waals surface area contributed by atoms with Gasteiger partial charge in [0, 0.05) is 16.9 Å². The topological polar surface area (TPSA) is 46.9 Å². The first kappa shape index (κ1) is 16.0. The lowest BCUT2D eigenvalue weighted by molar-refractivity contribution is 0.102. The molecule has 0 radical (unpaired) electrons. The van der Waals surface area contributed by atoms with Crippen LogP contribution in [0.4, 0.5) is 5.69 Å². The monoisotopic (exact) mass is 319 g/mol. The van der Waals surface area contributed by atoms with E-state index in [0.717, 1.165) is 33.9 Å². The van der Waals surface area contributed by atoms with Crippen molar-refractivity contribution < 1.29 is 4.79 Å². The minimum atomic E-state index is -0.0991. The van der Waals surface area contributed by atoms with Crippen LogP contribution in [0.5, 0.6) is 0 Å². The first-order chi connectivity index (χ1) is 11.4. The van der Waals surface area contributed by atoms with Gasteiger partial charge in [0.1, 0.15) is 0 Å². The Hall–Kier alpha value is -2.88. The predicted octanol–water partition coefficient (Wildman–Crippen LogP) is 4.36. The molecule has 0 aliphatic rings. The van der Waals surface area contributed by atoms with Gasteiger partial charge in [0.25, 0.3) is 5.91 Å². The third kappa shape index (κ3) is 3.23. The second kappa shape index (κ2) is 6.32. The first-order valence-electron chi connectivity index (χ1n) is 7.96. The second-order valence-corrected chi connectivity index (χ2v) is 6.16. The van der Waals surface area contributed by atoms with Gasteiger partial charge in [-0.05, 0) is 63.6 Å². The van der Waals surface area contributed by atoms with Crippen molar-refractivity contribution in [2.24, 2.45) is 0 Å². The van der Waals surface area contributed by atoms with Gasteiger partial charge in [-0.1, -0.05) is 23.8 Å². The molecule has 1 aromatic heterocycles. The lowest BCUT2D eigenvalue weighted by atomic mass is 10.1. The Balaban J connectivity index is 1.87. The van der Waals surface area contributed by atoms with Crippen LogP contribution in [0.2, 0.25) is 0 Å². The van der Waals surface area contributed by atoms with E-state index in [1.165, 1.54) is 0 Å². The fourth-order valence-corrected chi connectivity index (χ4v) is 2.87. The number of carbonyl (C=O) groups excluding carboxylic acids is 1. The van der Waals surface area contributed by atoms with Crippen molar-refractivity contribution in [1.82, 2.24) is 9.78 Å². The molecule has 0 bridgehead atoms. The van der Waals surface area contributed by atoms with Crippen LogP contribution in [0.25, 0.3) is 5.69 Å². The van der Waals surface area contributed by atoms with Crippen LogP contribution in [0, 0.1) is 27.7 Å². The maximum atomic E-state index is 12.5. The number of nitrogens with one attached hydrogen (secondary N) is 1. The minimum Gasteiger partial charge on any atom is -0.322 e. The van der Waals surface area contributed by atoms with Crippen LogP contribution in [-0.4, -0.2) is 15.7 Å². The third-order valence-corrected chi connectivity index (χ3v) is 3.98. The molecule has 0 atom stereocenters. The van der Waals surface area contributed by atoms with E-state index in [4.69, 9.17) is 0 Å². The van der Waals surface area contributed by atoms with Crippen LogP contribution in [0.15, 0.2) is 48.5 Å². The van der Waals surface area contributed by atoms with E-state index in [0.29, 0.717) is 5.56 Å². The summed E-state index contributed by atoms with van der Waals surface area (Å²) in [6.45, 7) is 7.96. The molecule has 0 saturated carbocycles. The highest BCUT2D eigenvalue weighted by Gasteiger charge is 2.10. The number of rotatable bonds is 3. The van der Waals surface area contributed by atoms with Gasteiger partial charge in [0.05, 0.1) is 11.4 Å². The van der Waals surface area contributed by atoms with E-state index in [1.807, 2.05) is 80.9 Å². The Morgan fingerprint density at radius 3 is 2.46 bits per heavy atom. The standard InChI is InChI=1S/C20H21N3O/c1-13-8-9-19(14(2)10-13)20(24)21-17-6-5-7-18(12-17)23-16(4)11-15(3)22-23/h5-12H,1-4H3,(H,21,24). The molecule has 4 nitrogen and oxygen atoms in total. The zero-order valence-corrected chi connectivity index (χ0v) is 14.4. The van der Waals surface area contributed by atoms with Crippen molar-refractivity contribution in [1.29, 1.82) is 0 Å². The van der Waals surface area contributed by atoms with Crippen LogP contribution in [-0.2, 0) is 0 Å². The van der Waals surface area contributed by atoms with E-state index in [9.17, 15) is 4.79 Å². The van der Waals surface area contributed by atoms with Crippen LogP contribution < -0.4 is 5.32 Å². The number of hydrogen-bond donors (Lipinski definition) is 1. The maximum Gasteiger partial charge on any atom is 0.255 e. The maximum absolute atomic E-state index is 12.5. The summed E-state index contributed by atoms with van der Waals surface area (Å²) in [6.07, 6.45) is 0. The SMILES string of the molecule is Cc1ccc(C(=O)Nc2cccc(-n3nc(C)cc3C)c2)c(C)c1. The van der Waals surface area contributed by atoms with Gasteiger partial charge in [0.15, 0.2) is 0 Å². The fourth-order valence-electron chi connectivity index (χ4n) is 2.87. The Kier molecular flexibility index (Phi) is 4.21. The summed E-state index contributed by atoms with van der Waals surface area (Å²) in [5.74, 6) is -0.0991. The fraction of sp³-hybridized carbons (Fsp3) is 0.200. The molecule has 3 rings (SSSR count). The predicted molar refractivity (Wildman–Crippen MR) is 96.9 cm³/mol. The van der Waals surface area contributed by atoms with Gasteiger partial charge in [0.2, 0.25) is 0 Å². The van der Waals surface area contributed by atoms with Gasteiger partial charge in [-0.25, -0.2) is 4.68 Å². The number of anilines is 1. The Bertz CT molecular complexity index is 909. The quantitative estimate of drug-likeness (QED) is 0.780. The smallest absolute Gasteiger partial charge is 0.255 e. The highest BCUT2D eigenvalue weighted by molar-refractivity contribution is 6.05. The molecule has 2 aromatic carbocycles. The van der Waals surface area contributed by atoms with Crippen molar-refractivity contribution >= 4 is 11.6 Å². The summed E-state index contributed by atoms with van der Waals surface area (Å²) < 4.78 is 1.88. The zero-order chi connectivity index (χ0) is 17.3. The average molecular weight is 319 g/mol. The lowest BCUT2D eigenvalue weighted by Gasteiger charge is -2.10. The van der Waals surface area contributed by atoms with Crippen molar-refractivity contribution in [2.75, 3.05) is 5.32 Å². The summed E-state index contributed by atoms with van der Waals surface area (Å²) in [7, 11) is 0. The largest absolute Gasteiger partial charge is 0.322 e. The number of hydrogen-bond acceptors (Lipinski definition) is 2. The highest BCUT2D eigenvalue weighted by Crippen LogP contribution is 2.18. The van der Waals surface area contributed by atoms with Crippen LogP contribution in [0.1, 0.15) is 32.9 Å². The molecular formula is C20H21N3O. The van der Waals surface area contributed by atoms with Crippen molar-refractivity contribution in [3.63, 3.8) is 0 Å². The summed E-state index contributed by atoms with van der Waals surface area (Å²) in [5, 5.41) is 7.46. The summed E-state index contributed by atoms with van der Waals surface area (Å²) >= 11 is 0. The van der Waals surface area contributed by atoms with Gasteiger partial charge < -0.3 is 5.32 Å². The number of amides is 1. The second-order valence-electron chi connectivity index (χ2n) is 6.16. The van der Waals surface area contributed by atoms with Gasteiger partial charge in [-0.2, -0.15) is 5.10 Å². The zero-order valence-electron chi connectivity index (χ0n) is 14.4. The average Bonchev–Trinajstić information content (AvgIpc) is 2.86. The molecule has 0 aliphatic heterocycles. The van der Waals surface area contributed by atoms with Crippen molar-refractivity contribution in [2.45, 2.75) is 27.7 Å². The number of aryl methyl sites for hydroxylation is 4. The summed E-state index contributed by atoms with van der Waals surface area (Å²) in [5.41, 5.74) is 6.53. The molecule has 122 valence electrons. The molecular weight excluding hydrogens is 298 g/mol. The van der Waals surface area contributed by atoms with Crippen molar-refractivity contribution in [3.05, 3.63) is 76.6 Å². The third-order valence-electron chi connectivity index (χ3n) is 3.98. The Morgan fingerprint density at radius 1 is 1.00 bits per heavy atom. The molecule has 0 aliphatic carbocycles. The van der Waals surface area contributed by atoms with Gasteiger partial charge in [-0.3, -0.25) is 4.79 Å². The van der Waals surface area contributed by atoms with Crippen LogP contribution in [0.3, 0.4) is 0 Å². The molecule has 0 fully saturated rings. The van der Waals surface area contributed by atoms with Gasteiger partial charge >= 0.3 is 0 Å². The molecule has 0 unspecified atom stereocenters. The van der Waals surface area contributed by atoms with Crippen molar-refractivity contribution in [3.8, 4) is 5.69 Å². The molecule has 1 N–H and O–H groups in total. The summed E-state index contributed by atoms with van der Waals surface area (Å²) in [4.78, 5) is 12.5. The Labute approximate surface area is 142 Å². The van der Waals surface area contributed by atoms with E-state index >= 15 is 0 Å². The Morgan fingerprint density at radius 2 is 1.79 bits per heavy atom.